The van der Waals surface area contributed by atoms with E-state index < -0.39 is 0 Å². The molecular weight excluding hydrogens is 294 g/mol. The fraction of sp³-hybridized carbons (Fsp3) is 0.588. The molecule has 120 valence electrons. The Bertz CT molecular complexity index is 580. The summed E-state index contributed by atoms with van der Waals surface area (Å²) in [4.78, 5) is 9.54. The SMILES string of the molecule is CN(C)[C@@H]1CC[C@H](CO)CN(Cc2nc3ccccc3s2)C1. The van der Waals surface area contributed by atoms with Gasteiger partial charge in [-0.3, -0.25) is 4.90 Å². The molecule has 0 unspecified atom stereocenters. The van der Waals surface area contributed by atoms with E-state index in [1.165, 1.54) is 9.71 Å². The maximum absolute atomic E-state index is 9.59. The third-order valence-electron chi connectivity index (χ3n) is 4.58. The molecule has 3 rings (SSSR count). The van der Waals surface area contributed by atoms with E-state index in [0.717, 1.165) is 38.0 Å². The average molecular weight is 319 g/mol. The number of thiazole rings is 1. The summed E-state index contributed by atoms with van der Waals surface area (Å²) in [5.41, 5.74) is 1.10. The molecule has 1 aliphatic heterocycles. The van der Waals surface area contributed by atoms with Crippen LogP contribution in [0.25, 0.3) is 10.2 Å². The number of hydrogen-bond acceptors (Lipinski definition) is 5. The number of aliphatic hydroxyl groups excluding tert-OH is 1. The summed E-state index contributed by atoms with van der Waals surface area (Å²) in [6.07, 6.45) is 2.27. The fourth-order valence-corrected chi connectivity index (χ4v) is 4.24. The summed E-state index contributed by atoms with van der Waals surface area (Å²) in [5.74, 6) is 0.388. The van der Waals surface area contributed by atoms with E-state index in [-0.39, 0.29) is 6.61 Å². The van der Waals surface area contributed by atoms with E-state index in [2.05, 4.69) is 42.1 Å². The summed E-state index contributed by atoms with van der Waals surface area (Å²) in [6, 6.07) is 8.89. The molecule has 0 aliphatic carbocycles. The van der Waals surface area contributed by atoms with Crippen molar-refractivity contribution in [1.82, 2.24) is 14.8 Å². The van der Waals surface area contributed by atoms with Gasteiger partial charge in [-0.15, -0.1) is 11.3 Å². The van der Waals surface area contributed by atoms with Crippen LogP contribution >= 0.6 is 11.3 Å². The van der Waals surface area contributed by atoms with E-state index in [1.807, 2.05) is 6.07 Å². The summed E-state index contributed by atoms with van der Waals surface area (Å²) >= 11 is 1.79. The fourth-order valence-electron chi connectivity index (χ4n) is 3.23. The van der Waals surface area contributed by atoms with Gasteiger partial charge in [0.1, 0.15) is 5.01 Å². The number of benzene rings is 1. The first-order valence-electron chi connectivity index (χ1n) is 8.00. The maximum atomic E-state index is 9.59. The van der Waals surface area contributed by atoms with Gasteiger partial charge in [0.15, 0.2) is 0 Å². The first-order valence-corrected chi connectivity index (χ1v) is 8.81. The number of rotatable bonds is 4. The topological polar surface area (TPSA) is 39.6 Å². The normalized spacial score (nSPS) is 24.0. The van der Waals surface area contributed by atoms with Crippen LogP contribution in [0.3, 0.4) is 0 Å². The molecule has 22 heavy (non-hydrogen) atoms. The summed E-state index contributed by atoms with van der Waals surface area (Å²) < 4.78 is 1.26. The lowest BCUT2D eigenvalue weighted by atomic mass is 10.0. The molecule has 1 aliphatic rings. The minimum atomic E-state index is 0.288. The predicted octanol–water partition coefficient (Wildman–Crippen LogP) is 2.43. The van der Waals surface area contributed by atoms with Crippen LogP contribution in [0.5, 0.6) is 0 Å². The number of para-hydroxylation sites is 1. The van der Waals surface area contributed by atoms with Crippen LogP contribution < -0.4 is 0 Å². The molecule has 0 spiro atoms. The van der Waals surface area contributed by atoms with Crippen LogP contribution in [0.2, 0.25) is 0 Å². The molecule has 0 radical (unpaired) electrons. The molecule has 1 aromatic carbocycles. The molecule has 0 bridgehead atoms. The number of likely N-dealkylation sites (tertiary alicyclic amines) is 1. The van der Waals surface area contributed by atoms with Gasteiger partial charge in [0, 0.05) is 25.7 Å². The van der Waals surface area contributed by atoms with Crippen molar-refractivity contribution in [3.63, 3.8) is 0 Å². The first-order chi connectivity index (χ1) is 10.7. The number of likely N-dealkylation sites (N-methyl/N-ethyl adjacent to an activating group) is 1. The van der Waals surface area contributed by atoms with Crippen molar-refractivity contribution in [3.05, 3.63) is 29.3 Å². The Labute approximate surface area is 136 Å². The number of aliphatic hydroxyl groups is 1. The zero-order valence-corrected chi connectivity index (χ0v) is 14.2. The Balaban J connectivity index is 1.75. The van der Waals surface area contributed by atoms with Crippen LogP contribution in [-0.4, -0.2) is 59.7 Å². The van der Waals surface area contributed by atoms with E-state index in [9.17, 15) is 5.11 Å². The highest BCUT2D eigenvalue weighted by atomic mass is 32.1. The zero-order chi connectivity index (χ0) is 15.5. The molecule has 4 nitrogen and oxygen atoms in total. The number of aromatic nitrogens is 1. The highest BCUT2D eigenvalue weighted by molar-refractivity contribution is 7.18. The van der Waals surface area contributed by atoms with Gasteiger partial charge in [-0.2, -0.15) is 0 Å². The van der Waals surface area contributed by atoms with Crippen molar-refractivity contribution in [2.24, 2.45) is 5.92 Å². The second-order valence-corrected chi connectivity index (χ2v) is 7.63. The summed E-state index contributed by atoms with van der Waals surface area (Å²) in [6.45, 7) is 3.20. The summed E-state index contributed by atoms with van der Waals surface area (Å²) in [5, 5.41) is 10.8. The van der Waals surface area contributed by atoms with Crippen molar-refractivity contribution in [1.29, 1.82) is 0 Å². The lowest BCUT2D eigenvalue weighted by Gasteiger charge is -2.28. The number of hydrogen-bond donors (Lipinski definition) is 1. The molecule has 2 heterocycles. The van der Waals surface area contributed by atoms with Gasteiger partial charge in [0.25, 0.3) is 0 Å². The van der Waals surface area contributed by atoms with Gasteiger partial charge in [-0.1, -0.05) is 12.1 Å². The molecule has 1 fully saturated rings. The Kier molecular flexibility index (Phi) is 5.08. The van der Waals surface area contributed by atoms with Crippen molar-refractivity contribution >= 4 is 21.6 Å². The third kappa shape index (κ3) is 3.66. The molecule has 1 aromatic heterocycles. The van der Waals surface area contributed by atoms with E-state index >= 15 is 0 Å². The van der Waals surface area contributed by atoms with Crippen molar-refractivity contribution in [2.45, 2.75) is 25.4 Å². The average Bonchev–Trinajstić information content (AvgIpc) is 2.79. The van der Waals surface area contributed by atoms with Gasteiger partial charge in [0.2, 0.25) is 0 Å². The maximum Gasteiger partial charge on any atom is 0.108 e. The Morgan fingerprint density at radius 3 is 2.82 bits per heavy atom. The second kappa shape index (κ2) is 7.04. The molecule has 2 aromatic rings. The van der Waals surface area contributed by atoms with Crippen LogP contribution in [0.1, 0.15) is 17.8 Å². The first kappa shape index (κ1) is 15.9. The van der Waals surface area contributed by atoms with Gasteiger partial charge >= 0.3 is 0 Å². The Hall–Kier alpha value is -1.01. The second-order valence-electron chi connectivity index (χ2n) is 6.51. The molecular formula is C17H25N3OS. The third-order valence-corrected chi connectivity index (χ3v) is 5.60. The quantitative estimate of drug-likeness (QED) is 0.939. The van der Waals surface area contributed by atoms with Crippen molar-refractivity contribution in [3.8, 4) is 0 Å². The van der Waals surface area contributed by atoms with Gasteiger partial charge in [0.05, 0.1) is 16.8 Å². The van der Waals surface area contributed by atoms with E-state index in [0.29, 0.717) is 12.0 Å². The molecule has 1 N–H and O–H groups in total. The van der Waals surface area contributed by atoms with Gasteiger partial charge in [-0.05, 0) is 45.0 Å². The molecule has 2 atom stereocenters. The zero-order valence-electron chi connectivity index (χ0n) is 13.4. The van der Waals surface area contributed by atoms with E-state index in [4.69, 9.17) is 4.98 Å². The highest BCUT2D eigenvalue weighted by Crippen LogP contribution is 2.25. The van der Waals surface area contributed by atoms with Crippen LogP contribution in [-0.2, 0) is 6.54 Å². The smallest absolute Gasteiger partial charge is 0.108 e. The monoisotopic (exact) mass is 319 g/mol. The van der Waals surface area contributed by atoms with Crippen LogP contribution in [0.4, 0.5) is 0 Å². The molecule has 5 heteroatoms. The van der Waals surface area contributed by atoms with E-state index in [1.54, 1.807) is 11.3 Å². The predicted molar refractivity (Wildman–Crippen MR) is 92.2 cm³/mol. The van der Waals surface area contributed by atoms with Crippen LogP contribution in [0, 0.1) is 5.92 Å². The Morgan fingerprint density at radius 1 is 1.27 bits per heavy atom. The molecule has 0 saturated carbocycles. The molecule has 1 saturated heterocycles. The summed E-state index contributed by atoms with van der Waals surface area (Å²) in [7, 11) is 4.31. The Morgan fingerprint density at radius 2 is 2.09 bits per heavy atom. The lowest BCUT2D eigenvalue weighted by Crippen LogP contribution is -2.39. The standard InChI is InChI=1S/C17H25N3OS/c1-19(2)14-8-7-13(12-21)9-20(10-14)11-17-18-15-5-3-4-6-16(15)22-17/h3-6,13-14,21H,7-12H2,1-2H3/t13-,14+/m0/s1. The lowest BCUT2D eigenvalue weighted by molar-refractivity contribution is 0.158. The van der Waals surface area contributed by atoms with Gasteiger partial charge in [-0.25, -0.2) is 4.98 Å². The number of fused-ring (bicyclic) bond motifs is 1. The van der Waals surface area contributed by atoms with Gasteiger partial charge < -0.3 is 10.0 Å². The minimum absolute atomic E-state index is 0.288. The minimum Gasteiger partial charge on any atom is -0.396 e. The van der Waals surface area contributed by atoms with Crippen molar-refractivity contribution < 1.29 is 5.11 Å². The van der Waals surface area contributed by atoms with Crippen LogP contribution in [0.15, 0.2) is 24.3 Å². The molecule has 0 amide bonds. The number of nitrogens with zero attached hydrogens (tertiary/aromatic N) is 3. The highest BCUT2D eigenvalue weighted by Gasteiger charge is 2.25. The van der Waals surface area contributed by atoms with Crippen molar-refractivity contribution in [2.75, 3.05) is 33.8 Å². The largest absolute Gasteiger partial charge is 0.396 e.